The first kappa shape index (κ1) is 14.3. The molecule has 19 heavy (non-hydrogen) atoms. The van der Waals surface area contributed by atoms with Gasteiger partial charge in [0.2, 0.25) is 10.0 Å². The fourth-order valence-electron chi connectivity index (χ4n) is 1.94. The van der Waals surface area contributed by atoms with E-state index in [1.54, 1.807) is 12.1 Å². The molecule has 106 valence electrons. The van der Waals surface area contributed by atoms with Crippen molar-refractivity contribution in [3.8, 4) is 0 Å². The van der Waals surface area contributed by atoms with Crippen molar-refractivity contribution < 1.29 is 8.42 Å². The van der Waals surface area contributed by atoms with E-state index < -0.39 is 10.0 Å². The monoisotopic (exact) mass is 282 g/mol. The van der Waals surface area contributed by atoms with Crippen LogP contribution in [0.1, 0.15) is 32.8 Å². The lowest BCUT2D eigenvalue weighted by atomic mass is 9.91. The van der Waals surface area contributed by atoms with Crippen LogP contribution >= 0.6 is 0 Å². The summed E-state index contributed by atoms with van der Waals surface area (Å²) in [6, 6.07) is 5.31. The molecule has 5 heteroatoms. The molecule has 4 nitrogen and oxygen atoms in total. The number of rotatable bonds is 5. The first-order chi connectivity index (χ1) is 8.84. The molecule has 0 saturated carbocycles. The zero-order valence-corrected chi connectivity index (χ0v) is 12.6. The Kier molecular flexibility index (Phi) is 3.87. The predicted molar refractivity (Wildman–Crippen MR) is 77.9 cm³/mol. The van der Waals surface area contributed by atoms with Gasteiger partial charge >= 0.3 is 0 Å². The average molecular weight is 282 g/mol. The number of hydrogen-bond donors (Lipinski definition) is 2. The smallest absolute Gasteiger partial charge is 0.240 e. The summed E-state index contributed by atoms with van der Waals surface area (Å²) in [5.41, 5.74) is 2.10. The van der Waals surface area contributed by atoms with Crippen molar-refractivity contribution >= 4 is 15.7 Å². The molecule has 0 unspecified atom stereocenters. The van der Waals surface area contributed by atoms with Gasteiger partial charge in [0, 0.05) is 18.8 Å². The van der Waals surface area contributed by atoms with Crippen LogP contribution in [0.5, 0.6) is 0 Å². The normalized spacial score (nSPS) is 15.1. The van der Waals surface area contributed by atoms with E-state index in [4.69, 9.17) is 0 Å². The standard InChI is InChI=1S/C14H22N2O2S/c1-4-14(2,3)10-16-19(17,18)12-6-5-11-7-8-15-13(11)9-12/h5-6,9,15-16H,4,7-8,10H2,1-3H3. The van der Waals surface area contributed by atoms with Crippen LogP contribution in [0.15, 0.2) is 23.1 Å². The number of nitrogens with one attached hydrogen (secondary N) is 2. The highest BCUT2D eigenvalue weighted by atomic mass is 32.2. The van der Waals surface area contributed by atoms with Gasteiger partial charge in [-0.05, 0) is 36.0 Å². The maximum Gasteiger partial charge on any atom is 0.240 e. The number of benzene rings is 1. The van der Waals surface area contributed by atoms with Crippen LogP contribution in [0.4, 0.5) is 5.69 Å². The zero-order chi connectivity index (χ0) is 14.1. The van der Waals surface area contributed by atoms with Gasteiger partial charge in [0.1, 0.15) is 0 Å². The van der Waals surface area contributed by atoms with Crippen LogP contribution in [0.2, 0.25) is 0 Å². The Balaban J connectivity index is 2.16. The molecular weight excluding hydrogens is 260 g/mol. The predicted octanol–water partition coefficient (Wildman–Crippen LogP) is 2.37. The molecule has 1 heterocycles. The van der Waals surface area contributed by atoms with Crippen LogP contribution in [-0.2, 0) is 16.4 Å². The van der Waals surface area contributed by atoms with E-state index in [-0.39, 0.29) is 5.41 Å². The van der Waals surface area contributed by atoms with Crippen molar-refractivity contribution in [2.24, 2.45) is 5.41 Å². The van der Waals surface area contributed by atoms with Crippen molar-refractivity contribution in [3.63, 3.8) is 0 Å². The molecule has 0 fully saturated rings. The molecule has 1 aliphatic heterocycles. The SMILES string of the molecule is CCC(C)(C)CNS(=O)(=O)c1ccc2c(c1)NCC2. The molecule has 0 saturated heterocycles. The molecule has 0 amide bonds. The van der Waals surface area contributed by atoms with Crippen molar-refractivity contribution in [2.75, 3.05) is 18.4 Å². The van der Waals surface area contributed by atoms with Gasteiger partial charge in [0.25, 0.3) is 0 Å². The average Bonchev–Trinajstić information content (AvgIpc) is 2.84. The van der Waals surface area contributed by atoms with Gasteiger partial charge in [-0.25, -0.2) is 13.1 Å². The summed E-state index contributed by atoms with van der Waals surface area (Å²) in [6.45, 7) is 7.51. The first-order valence-electron chi connectivity index (χ1n) is 6.70. The second-order valence-electron chi connectivity index (χ2n) is 5.84. The van der Waals surface area contributed by atoms with Crippen LogP contribution in [0, 0.1) is 5.41 Å². The molecule has 0 aromatic heterocycles. The van der Waals surface area contributed by atoms with E-state index in [2.05, 4.69) is 30.8 Å². The zero-order valence-electron chi connectivity index (χ0n) is 11.8. The van der Waals surface area contributed by atoms with E-state index in [0.717, 1.165) is 25.1 Å². The fourth-order valence-corrected chi connectivity index (χ4v) is 3.20. The molecule has 2 N–H and O–H groups in total. The molecule has 0 atom stereocenters. The van der Waals surface area contributed by atoms with Gasteiger partial charge in [-0.2, -0.15) is 0 Å². The number of fused-ring (bicyclic) bond motifs is 1. The van der Waals surface area contributed by atoms with Crippen molar-refractivity contribution in [1.82, 2.24) is 4.72 Å². The van der Waals surface area contributed by atoms with Crippen LogP contribution in [-0.4, -0.2) is 21.5 Å². The van der Waals surface area contributed by atoms with E-state index in [1.807, 2.05) is 6.07 Å². The quantitative estimate of drug-likeness (QED) is 0.871. The van der Waals surface area contributed by atoms with Crippen molar-refractivity contribution in [2.45, 2.75) is 38.5 Å². The Morgan fingerprint density at radius 2 is 2.11 bits per heavy atom. The summed E-state index contributed by atoms with van der Waals surface area (Å²) in [5.74, 6) is 0. The molecule has 0 aliphatic carbocycles. The van der Waals surface area contributed by atoms with Gasteiger partial charge in [-0.1, -0.05) is 26.8 Å². The number of anilines is 1. The summed E-state index contributed by atoms with van der Waals surface area (Å²) in [5, 5.41) is 3.20. The Hall–Kier alpha value is -1.07. The highest BCUT2D eigenvalue weighted by molar-refractivity contribution is 7.89. The van der Waals surface area contributed by atoms with E-state index in [9.17, 15) is 8.42 Å². The molecule has 0 radical (unpaired) electrons. The summed E-state index contributed by atoms with van der Waals surface area (Å²) in [4.78, 5) is 0.340. The molecule has 0 spiro atoms. The van der Waals surface area contributed by atoms with Crippen molar-refractivity contribution in [3.05, 3.63) is 23.8 Å². The first-order valence-corrected chi connectivity index (χ1v) is 8.19. The minimum atomic E-state index is -3.42. The molecule has 1 aromatic carbocycles. The highest BCUT2D eigenvalue weighted by Crippen LogP contribution is 2.26. The highest BCUT2D eigenvalue weighted by Gasteiger charge is 2.22. The van der Waals surface area contributed by atoms with Crippen LogP contribution in [0.25, 0.3) is 0 Å². The van der Waals surface area contributed by atoms with Gasteiger partial charge in [-0.15, -0.1) is 0 Å². The lowest BCUT2D eigenvalue weighted by Gasteiger charge is -2.22. The minimum Gasteiger partial charge on any atom is -0.384 e. The third-order valence-corrected chi connectivity index (χ3v) is 5.20. The molecular formula is C14H22N2O2S. The summed E-state index contributed by atoms with van der Waals surface area (Å²) in [6.07, 6.45) is 1.90. The lowest BCUT2D eigenvalue weighted by Crippen LogP contribution is -2.33. The van der Waals surface area contributed by atoms with Crippen molar-refractivity contribution in [1.29, 1.82) is 0 Å². The Labute approximate surface area is 115 Å². The van der Waals surface area contributed by atoms with Crippen LogP contribution < -0.4 is 10.0 Å². The second-order valence-corrected chi connectivity index (χ2v) is 7.61. The second kappa shape index (κ2) is 5.13. The maximum absolute atomic E-state index is 12.3. The van der Waals surface area contributed by atoms with Crippen LogP contribution in [0.3, 0.4) is 0 Å². The lowest BCUT2D eigenvalue weighted by molar-refractivity contribution is 0.350. The van der Waals surface area contributed by atoms with E-state index in [1.165, 1.54) is 5.56 Å². The topological polar surface area (TPSA) is 58.2 Å². The summed E-state index contributed by atoms with van der Waals surface area (Å²) >= 11 is 0. The molecule has 0 bridgehead atoms. The Bertz CT molecular complexity index is 565. The van der Waals surface area contributed by atoms with Gasteiger partial charge < -0.3 is 5.32 Å². The number of sulfonamides is 1. The molecule has 1 aliphatic rings. The molecule has 1 aromatic rings. The van der Waals surface area contributed by atoms with Gasteiger partial charge in [-0.3, -0.25) is 0 Å². The third kappa shape index (κ3) is 3.28. The van der Waals surface area contributed by atoms with Gasteiger partial charge in [0.15, 0.2) is 0 Å². The van der Waals surface area contributed by atoms with E-state index in [0.29, 0.717) is 11.4 Å². The maximum atomic E-state index is 12.3. The summed E-state index contributed by atoms with van der Waals surface area (Å²) in [7, 11) is -3.42. The summed E-state index contributed by atoms with van der Waals surface area (Å²) < 4.78 is 27.2. The largest absolute Gasteiger partial charge is 0.384 e. The fraction of sp³-hybridized carbons (Fsp3) is 0.571. The molecule has 2 rings (SSSR count). The Morgan fingerprint density at radius 3 is 2.79 bits per heavy atom. The third-order valence-electron chi connectivity index (χ3n) is 3.80. The van der Waals surface area contributed by atoms with Gasteiger partial charge in [0.05, 0.1) is 4.90 Å². The number of hydrogen-bond acceptors (Lipinski definition) is 3. The van der Waals surface area contributed by atoms with E-state index >= 15 is 0 Å². The Morgan fingerprint density at radius 1 is 1.37 bits per heavy atom. The minimum absolute atomic E-state index is 0.0257.